The number of thiophene rings is 1. The fourth-order valence-electron chi connectivity index (χ4n) is 1.88. The number of hydrogen-bond acceptors (Lipinski definition) is 5. The third-order valence-corrected chi connectivity index (χ3v) is 5.13. The number of carbonyl (C=O) groups excluding carboxylic acids is 1. The second kappa shape index (κ2) is 7.28. The van der Waals surface area contributed by atoms with Gasteiger partial charge in [-0.3, -0.25) is 4.79 Å². The van der Waals surface area contributed by atoms with E-state index < -0.39 is 0 Å². The summed E-state index contributed by atoms with van der Waals surface area (Å²) in [4.78, 5) is 13.5. The molecule has 0 radical (unpaired) electrons. The van der Waals surface area contributed by atoms with Crippen molar-refractivity contribution >= 4 is 29.0 Å². The van der Waals surface area contributed by atoms with Crippen LogP contribution in [0.1, 0.15) is 32.6 Å². The first-order valence-corrected chi connectivity index (χ1v) is 9.01. The first-order chi connectivity index (χ1) is 10.4. The second-order valence-corrected chi connectivity index (χ2v) is 8.38. The molecule has 7 heteroatoms. The normalized spacial score (nSPS) is 13.1. The molecule has 0 fully saturated rings. The predicted octanol–water partition coefficient (Wildman–Crippen LogP) is 2.93. The van der Waals surface area contributed by atoms with Crippen LogP contribution in [-0.4, -0.2) is 32.5 Å². The first kappa shape index (κ1) is 17.0. The third kappa shape index (κ3) is 4.58. The summed E-state index contributed by atoms with van der Waals surface area (Å²) in [5.41, 5.74) is -0.0960. The van der Waals surface area contributed by atoms with Crippen LogP contribution in [-0.2, 0) is 16.8 Å². The standard InChI is InChI=1S/C15H22N4OS2/c1-11(13(20)16-8-7-12-6-5-9-21-12)22-14-18-17-10-19(14)15(2,3)4/h5-6,9-11H,7-8H2,1-4H3,(H,16,20)/t11-/m1/s1. The van der Waals surface area contributed by atoms with Crippen molar-refractivity contribution in [1.29, 1.82) is 0 Å². The van der Waals surface area contributed by atoms with Crippen LogP contribution in [0.2, 0.25) is 0 Å². The van der Waals surface area contributed by atoms with Crippen LogP contribution in [0, 0.1) is 0 Å². The summed E-state index contributed by atoms with van der Waals surface area (Å²) < 4.78 is 1.99. The smallest absolute Gasteiger partial charge is 0.233 e. The quantitative estimate of drug-likeness (QED) is 0.823. The molecule has 22 heavy (non-hydrogen) atoms. The molecular formula is C15H22N4OS2. The van der Waals surface area contributed by atoms with E-state index in [-0.39, 0.29) is 16.7 Å². The number of carbonyl (C=O) groups is 1. The maximum atomic E-state index is 12.2. The largest absolute Gasteiger partial charge is 0.355 e. The Kier molecular flexibility index (Phi) is 5.63. The van der Waals surface area contributed by atoms with Crippen molar-refractivity contribution in [3.05, 3.63) is 28.7 Å². The maximum absolute atomic E-state index is 12.2. The topological polar surface area (TPSA) is 59.8 Å². The first-order valence-electron chi connectivity index (χ1n) is 7.25. The minimum absolute atomic E-state index is 0.0324. The van der Waals surface area contributed by atoms with Crippen LogP contribution >= 0.6 is 23.1 Å². The highest BCUT2D eigenvalue weighted by Gasteiger charge is 2.22. The molecule has 2 aromatic heterocycles. The van der Waals surface area contributed by atoms with Crippen molar-refractivity contribution in [1.82, 2.24) is 20.1 Å². The second-order valence-electron chi connectivity index (χ2n) is 6.03. The lowest BCUT2D eigenvalue weighted by Gasteiger charge is -2.22. The molecule has 2 rings (SSSR count). The van der Waals surface area contributed by atoms with E-state index in [9.17, 15) is 4.79 Å². The SMILES string of the molecule is C[C@@H](Sc1nncn1C(C)(C)C)C(=O)NCCc1cccs1. The Labute approximate surface area is 139 Å². The lowest BCUT2D eigenvalue weighted by atomic mass is 10.1. The van der Waals surface area contributed by atoms with E-state index in [1.807, 2.05) is 17.6 Å². The predicted molar refractivity (Wildman–Crippen MR) is 91.4 cm³/mol. The molecule has 1 atom stereocenters. The summed E-state index contributed by atoms with van der Waals surface area (Å²) in [7, 11) is 0. The number of thioether (sulfide) groups is 1. The van der Waals surface area contributed by atoms with Gasteiger partial charge < -0.3 is 9.88 Å². The minimum atomic E-state index is -0.200. The zero-order valence-electron chi connectivity index (χ0n) is 13.4. The Bertz CT molecular complexity index is 601. The van der Waals surface area contributed by atoms with E-state index in [1.54, 1.807) is 17.7 Å². The van der Waals surface area contributed by atoms with Gasteiger partial charge in [0.05, 0.1) is 5.25 Å². The molecule has 120 valence electrons. The van der Waals surface area contributed by atoms with Gasteiger partial charge in [-0.25, -0.2) is 0 Å². The summed E-state index contributed by atoms with van der Waals surface area (Å²) in [5.74, 6) is 0.0324. The van der Waals surface area contributed by atoms with Gasteiger partial charge in [0.1, 0.15) is 6.33 Å². The Morgan fingerprint density at radius 3 is 2.91 bits per heavy atom. The third-order valence-electron chi connectivity index (χ3n) is 3.14. The van der Waals surface area contributed by atoms with Crippen molar-refractivity contribution in [2.45, 2.75) is 50.1 Å². The van der Waals surface area contributed by atoms with Crippen LogP contribution in [0.4, 0.5) is 0 Å². The van der Waals surface area contributed by atoms with Gasteiger partial charge >= 0.3 is 0 Å². The lowest BCUT2D eigenvalue weighted by Crippen LogP contribution is -2.33. The summed E-state index contributed by atoms with van der Waals surface area (Å²) in [6.07, 6.45) is 2.59. The van der Waals surface area contributed by atoms with Crippen LogP contribution in [0.25, 0.3) is 0 Å². The minimum Gasteiger partial charge on any atom is -0.355 e. The number of nitrogens with one attached hydrogen (secondary N) is 1. The van der Waals surface area contributed by atoms with E-state index in [4.69, 9.17) is 0 Å². The molecule has 0 saturated carbocycles. The molecule has 2 heterocycles. The molecule has 0 spiro atoms. The Morgan fingerprint density at radius 1 is 1.50 bits per heavy atom. The van der Waals surface area contributed by atoms with E-state index in [2.05, 4.69) is 47.7 Å². The van der Waals surface area contributed by atoms with Gasteiger partial charge in [-0.05, 0) is 45.6 Å². The van der Waals surface area contributed by atoms with E-state index in [0.717, 1.165) is 11.6 Å². The zero-order valence-corrected chi connectivity index (χ0v) is 15.0. The van der Waals surface area contributed by atoms with Crippen LogP contribution < -0.4 is 5.32 Å². The summed E-state index contributed by atoms with van der Waals surface area (Å²) in [5, 5.41) is 13.7. The van der Waals surface area contributed by atoms with Gasteiger partial charge in [0.15, 0.2) is 5.16 Å². The van der Waals surface area contributed by atoms with Gasteiger partial charge in [0.2, 0.25) is 5.91 Å². The molecule has 0 aromatic carbocycles. The zero-order chi connectivity index (χ0) is 16.2. The summed E-state index contributed by atoms with van der Waals surface area (Å²) in [6.45, 7) is 8.83. The average Bonchev–Trinajstić information content (AvgIpc) is 3.08. The lowest BCUT2D eigenvalue weighted by molar-refractivity contribution is -0.120. The van der Waals surface area contributed by atoms with Crippen molar-refractivity contribution in [3.8, 4) is 0 Å². The molecule has 0 aliphatic rings. The average molecular weight is 339 g/mol. The highest BCUT2D eigenvalue weighted by Crippen LogP contribution is 2.26. The number of nitrogens with zero attached hydrogens (tertiary/aromatic N) is 3. The number of amides is 1. The van der Waals surface area contributed by atoms with Crippen LogP contribution in [0.15, 0.2) is 29.0 Å². The van der Waals surface area contributed by atoms with Gasteiger partial charge in [0, 0.05) is 17.0 Å². The Hall–Kier alpha value is -1.34. The Morgan fingerprint density at radius 2 is 2.27 bits per heavy atom. The molecule has 0 bridgehead atoms. The summed E-state index contributed by atoms with van der Waals surface area (Å²) in [6, 6.07) is 4.11. The van der Waals surface area contributed by atoms with E-state index >= 15 is 0 Å². The maximum Gasteiger partial charge on any atom is 0.233 e. The van der Waals surface area contributed by atoms with Crippen molar-refractivity contribution in [3.63, 3.8) is 0 Å². The highest BCUT2D eigenvalue weighted by molar-refractivity contribution is 8.00. The highest BCUT2D eigenvalue weighted by atomic mass is 32.2. The summed E-state index contributed by atoms with van der Waals surface area (Å²) >= 11 is 3.15. The van der Waals surface area contributed by atoms with Gasteiger partial charge in [0.25, 0.3) is 0 Å². The van der Waals surface area contributed by atoms with Crippen LogP contribution in [0.5, 0.6) is 0 Å². The molecule has 2 aromatic rings. The number of rotatable bonds is 6. The van der Waals surface area contributed by atoms with Crippen molar-refractivity contribution in [2.75, 3.05) is 6.54 Å². The van der Waals surface area contributed by atoms with Gasteiger partial charge in [-0.15, -0.1) is 21.5 Å². The molecule has 0 aliphatic heterocycles. The Balaban J connectivity index is 1.85. The van der Waals surface area contributed by atoms with Crippen LogP contribution in [0.3, 0.4) is 0 Å². The molecule has 1 N–H and O–H groups in total. The fourth-order valence-corrected chi connectivity index (χ4v) is 3.63. The van der Waals surface area contributed by atoms with E-state index in [1.165, 1.54) is 16.6 Å². The molecule has 0 aliphatic carbocycles. The number of hydrogen-bond donors (Lipinski definition) is 1. The molecule has 5 nitrogen and oxygen atoms in total. The molecular weight excluding hydrogens is 316 g/mol. The monoisotopic (exact) mass is 338 g/mol. The van der Waals surface area contributed by atoms with E-state index in [0.29, 0.717) is 6.54 Å². The van der Waals surface area contributed by atoms with Gasteiger partial charge in [-0.2, -0.15) is 0 Å². The number of aromatic nitrogens is 3. The molecule has 0 unspecified atom stereocenters. The van der Waals surface area contributed by atoms with Gasteiger partial charge in [-0.1, -0.05) is 17.8 Å². The molecule has 1 amide bonds. The van der Waals surface area contributed by atoms with Crippen molar-refractivity contribution < 1.29 is 4.79 Å². The van der Waals surface area contributed by atoms with Crippen molar-refractivity contribution in [2.24, 2.45) is 0 Å². The fraction of sp³-hybridized carbons (Fsp3) is 0.533. The molecule has 0 saturated heterocycles.